The topological polar surface area (TPSA) is 540 Å². The van der Waals surface area contributed by atoms with Crippen LogP contribution in [-0.2, 0) is 91.0 Å². The van der Waals surface area contributed by atoms with Crippen molar-refractivity contribution < 1.29 is 87.1 Å². The Labute approximate surface area is 589 Å². The van der Waals surface area contributed by atoms with E-state index in [1.807, 2.05) is 13.8 Å². The fourth-order valence-corrected chi connectivity index (χ4v) is 11.7. The number of aromatic nitrogens is 3. The van der Waals surface area contributed by atoms with Crippen LogP contribution in [0.5, 0.6) is 5.75 Å². The molecule has 5 rings (SSSR count). The summed E-state index contributed by atoms with van der Waals surface area (Å²) in [5.41, 5.74) is 26.8. The average Bonchev–Trinajstić information content (AvgIpc) is 1.66. The molecule has 2 aromatic carbocycles. The first-order chi connectivity index (χ1) is 48.8. The van der Waals surface area contributed by atoms with E-state index in [0.717, 1.165) is 0 Å². The number of ketones is 4. The molecule has 7 amide bonds. The molecule has 34 nitrogen and oxygen atoms in total. The zero-order valence-corrected chi connectivity index (χ0v) is 57.5. The van der Waals surface area contributed by atoms with Crippen LogP contribution in [0.15, 0.2) is 77.4 Å². The van der Waals surface area contributed by atoms with Crippen molar-refractivity contribution >= 4 is 87.3 Å². The number of rotatable bonds is 51. The molecule has 1 saturated heterocycles. The van der Waals surface area contributed by atoms with Gasteiger partial charge in [-0.05, 0) is 92.1 Å². The summed E-state index contributed by atoms with van der Waals surface area (Å²) in [4.78, 5) is 183. The van der Waals surface area contributed by atoms with E-state index in [2.05, 4.69) is 56.6 Å². The molecule has 3 heterocycles. The Morgan fingerprint density at radius 1 is 0.696 bits per heavy atom. The van der Waals surface area contributed by atoms with Crippen LogP contribution in [0, 0.1) is 29.6 Å². The molecule has 1 aliphatic heterocycles. The number of guanidine groups is 1. The molecule has 2 aromatic heterocycles. The van der Waals surface area contributed by atoms with Crippen LogP contribution in [0.4, 0.5) is 0 Å². The zero-order chi connectivity index (χ0) is 74.5. The number of carboxylic acid groups (broad SMARTS) is 1. The second-order valence-electron chi connectivity index (χ2n) is 25.3. The number of hydrogen-bond donors (Lipinski definition) is 13. The number of primary amides is 1. The number of amides is 7. The Balaban J connectivity index is 1.32. The maximum Gasteiger partial charge on any atom is 0.303 e. The van der Waals surface area contributed by atoms with Crippen molar-refractivity contribution in [2.24, 2.45) is 56.9 Å². The van der Waals surface area contributed by atoms with Crippen LogP contribution in [0.3, 0.4) is 0 Å². The van der Waals surface area contributed by atoms with Gasteiger partial charge in [0.15, 0.2) is 23.3 Å². The molecule has 102 heavy (non-hydrogen) atoms. The third-order valence-corrected chi connectivity index (χ3v) is 16.9. The highest BCUT2D eigenvalue weighted by Gasteiger charge is 2.40. The number of azide groups is 1. The molecule has 556 valence electrons. The van der Waals surface area contributed by atoms with Crippen LogP contribution in [0.2, 0.25) is 0 Å². The van der Waals surface area contributed by atoms with Gasteiger partial charge in [-0.25, -0.2) is 4.98 Å². The molecule has 0 spiro atoms. The SMILES string of the molecule is CC(C)CC(CC(=O)CNC(=O)C(CC(=O)C(CO)NC(=O)C(CC(=O)C(Cc1cnc[nH]1)NC(=O)C(CCC(=O)O)CC(=O)CCOCCOCCOCCN=[N+]=[N-])Cc1c[nH]c2ccccc12)Cc1ccc(O)cc1)C(=O)NC(CCCN=C(N)N)C(=O)N1CCCC1C(=O)NCC(N)=O. The lowest BCUT2D eigenvalue weighted by molar-refractivity contribution is -0.142. The minimum absolute atomic E-state index is 0.0297. The number of carbonyl (C=O) groups excluding carboxylic acids is 11. The first kappa shape index (κ1) is 82.5. The highest BCUT2D eigenvalue weighted by molar-refractivity contribution is 5.99. The summed E-state index contributed by atoms with van der Waals surface area (Å²) in [7, 11) is 0. The quantitative estimate of drug-likeness (QED) is 0.00726. The number of aliphatic carboxylic acids is 1. The number of para-hydroxylation sites is 1. The molecule has 8 unspecified atom stereocenters. The number of aromatic hydroxyl groups is 1. The monoisotopic (exact) mass is 1420 g/mol. The number of fused-ring (bicyclic) bond motifs is 1. The number of aromatic amines is 2. The van der Waals surface area contributed by atoms with Crippen LogP contribution in [-0.4, -0.2) is 215 Å². The van der Waals surface area contributed by atoms with Gasteiger partial charge in [-0.1, -0.05) is 49.3 Å². The van der Waals surface area contributed by atoms with Gasteiger partial charge < -0.3 is 88.2 Å². The molecule has 16 N–H and O–H groups in total. The van der Waals surface area contributed by atoms with E-state index in [0.29, 0.717) is 34.1 Å². The number of aliphatic hydroxyl groups is 1. The number of nitrogens with one attached hydrogen (secondary N) is 7. The molecular formula is C68H96N16O18. The summed E-state index contributed by atoms with van der Waals surface area (Å²) in [5, 5.41) is 47.8. The molecular weight excluding hydrogens is 1330 g/mol. The van der Waals surface area contributed by atoms with Crippen molar-refractivity contribution in [3.8, 4) is 5.75 Å². The van der Waals surface area contributed by atoms with E-state index in [9.17, 15) is 72.9 Å². The van der Waals surface area contributed by atoms with Crippen LogP contribution in [0.1, 0.15) is 108 Å². The van der Waals surface area contributed by atoms with Gasteiger partial charge in [0.1, 0.15) is 29.7 Å². The van der Waals surface area contributed by atoms with E-state index in [1.165, 1.54) is 41.7 Å². The fraction of sp³-hybridized carbons (Fsp3) is 0.559. The Hall–Kier alpha value is -10.1. The highest BCUT2D eigenvalue weighted by Crippen LogP contribution is 2.26. The number of likely N-dealkylation sites (tertiary alicyclic amines) is 1. The lowest BCUT2D eigenvalue weighted by Gasteiger charge is -2.30. The Bertz CT molecular complexity index is 3520. The van der Waals surface area contributed by atoms with E-state index in [1.54, 1.807) is 30.5 Å². The molecule has 0 aliphatic carbocycles. The first-order valence-corrected chi connectivity index (χ1v) is 33.9. The number of carboxylic acids is 1. The van der Waals surface area contributed by atoms with Crippen molar-refractivity contribution in [1.29, 1.82) is 0 Å². The normalized spacial score (nSPS) is 14.7. The molecule has 34 heteroatoms. The third-order valence-electron chi connectivity index (χ3n) is 16.9. The number of carbonyl (C=O) groups is 12. The number of Topliss-reactive ketones (excluding diaryl/α,β-unsaturated/α-hetero) is 4. The third kappa shape index (κ3) is 29.6. The van der Waals surface area contributed by atoms with E-state index in [4.69, 9.17) is 36.9 Å². The average molecular weight is 1430 g/mol. The Kier molecular flexibility index (Phi) is 35.7. The number of benzene rings is 2. The number of aliphatic hydroxyl groups excluding tert-OH is 1. The van der Waals surface area contributed by atoms with E-state index >= 15 is 0 Å². The van der Waals surface area contributed by atoms with Gasteiger partial charge in [0.25, 0.3) is 0 Å². The lowest BCUT2D eigenvalue weighted by Crippen LogP contribution is -2.55. The molecule has 1 fully saturated rings. The number of nitrogens with zero attached hydrogens (tertiary/aromatic N) is 6. The number of phenolic OH excluding ortho intramolecular Hbond substituents is 1. The summed E-state index contributed by atoms with van der Waals surface area (Å²) in [6.45, 7) is 3.01. The summed E-state index contributed by atoms with van der Waals surface area (Å²) in [5.74, 6) is -14.2. The molecule has 8 atom stereocenters. The Morgan fingerprint density at radius 2 is 1.33 bits per heavy atom. The zero-order valence-electron chi connectivity index (χ0n) is 57.5. The maximum atomic E-state index is 14.8. The van der Waals surface area contributed by atoms with Gasteiger partial charge in [0, 0.05) is 122 Å². The standard InChI is InChI=1S/C68H96N16O18/c1-41(2)27-44(64(96)80-54(9-5-18-74-68(70)71)67(99)84-20-6-10-57(84)66(98)77-38-60(69)91)31-51(88)37-76-62(94)45(28-42-11-14-49(86)15-12-42)32-59(90)56(39-85)82-65(97)46(29-47-35-75-53-8-4-3-7-52(47)53)33-58(89)55(34-48-36-73-40-78-48)81-63(95)43(13-16-61(92)93)30-50(87)17-21-100-23-25-102-26-24-101-22-19-79-83-72/h3-4,7-8,11-12,14-15,35-36,40-41,43-46,54-57,75,85-86H,5-6,9-10,13,16-34,37-39H2,1-2H3,(H2,69,91)(H,73,78)(H,76,94)(H,77,98)(H,80,96)(H,81,95)(H,82,97)(H,92,93)(H4,70,71,74). The number of H-pyrrole nitrogens is 2. The van der Waals surface area contributed by atoms with Crippen LogP contribution < -0.4 is 43.8 Å². The van der Waals surface area contributed by atoms with Crippen molar-refractivity contribution in [2.45, 2.75) is 134 Å². The number of hydrogen-bond acceptors (Lipinski definition) is 20. The smallest absolute Gasteiger partial charge is 0.303 e. The van der Waals surface area contributed by atoms with Crippen LogP contribution >= 0.6 is 0 Å². The maximum absolute atomic E-state index is 14.8. The minimum Gasteiger partial charge on any atom is -0.508 e. The summed E-state index contributed by atoms with van der Waals surface area (Å²) in [6, 6.07) is 7.64. The predicted octanol–water partition coefficient (Wildman–Crippen LogP) is 0.796. The summed E-state index contributed by atoms with van der Waals surface area (Å²) < 4.78 is 16.2. The molecule has 4 aromatic rings. The van der Waals surface area contributed by atoms with Gasteiger partial charge in [-0.15, -0.1) is 0 Å². The molecule has 0 radical (unpaired) electrons. The van der Waals surface area contributed by atoms with Gasteiger partial charge in [-0.3, -0.25) is 62.5 Å². The lowest BCUT2D eigenvalue weighted by atomic mass is 9.88. The molecule has 1 aliphatic rings. The second kappa shape index (κ2) is 44.2. The fourth-order valence-electron chi connectivity index (χ4n) is 11.7. The predicted molar refractivity (Wildman–Crippen MR) is 369 cm³/mol. The first-order valence-electron chi connectivity index (χ1n) is 33.9. The minimum atomic E-state index is -1.68. The molecule has 0 saturated carbocycles. The van der Waals surface area contributed by atoms with E-state index < -0.39 is 170 Å². The van der Waals surface area contributed by atoms with Crippen LogP contribution in [0.25, 0.3) is 21.3 Å². The van der Waals surface area contributed by atoms with Crippen molar-refractivity contribution in [3.05, 3.63) is 94.5 Å². The number of nitrogens with two attached hydrogens (primary N) is 3. The largest absolute Gasteiger partial charge is 0.508 e. The number of phenols is 1. The van der Waals surface area contributed by atoms with Gasteiger partial charge in [0.2, 0.25) is 41.4 Å². The summed E-state index contributed by atoms with van der Waals surface area (Å²) in [6.07, 6.45) is 2.13. The van der Waals surface area contributed by atoms with Crippen molar-refractivity contribution in [2.75, 3.05) is 79.0 Å². The summed E-state index contributed by atoms with van der Waals surface area (Å²) >= 11 is 0. The Morgan fingerprint density at radius 3 is 1.99 bits per heavy atom. The molecule has 0 bridgehead atoms. The number of imidazole rings is 1. The second-order valence-corrected chi connectivity index (χ2v) is 25.3. The highest BCUT2D eigenvalue weighted by atomic mass is 16.5. The number of aliphatic imine (C=N–C) groups is 1. The van der Waals surface area contributed by atoms with E-state index in [-0.39, 0.29) is 135 Å². The van der Waals surface area contributed by atoms with Gasteiger partial charge in [0.05, 0.1) is 71.7 Å². The number of ether oxygens (including phenoxy) is 3. The van der Waals surface area contributed by atoms with Crippen molar-refractivity contribution in [3.63, 3.8) is 0 Å². The van der Waals surface area contributed by atoms with Crippen molar-refractivity contribution in [1.82, 2.24) is 46.4 Å². The van der Waals surface area contributed by atoms with Gasteiger partial charge in [-0.2, -0.15) is 0 Å². The van der Waals surface area contributed by atoms with Gasteiger partial charge >= 0.3 is 5.97 Å².